The first-order valence-corrected chi connectivity index (χ1v) is 4.83. The molecule has 0 radical (unpaired) electrons. The zero-order valence-electron chi connectivity index (χ0n) is 8.32. The fourth-order valence-corrected chi connectivity index (χ4v) is 1.33. The van der Waals surface area contributed by atoms with Crippen LogP contribution < -0.4 is 11.3 Å². The number of rotatable bonds is 6. The number of nitrogens with two attached hydrogens (primary N) is 1. The number of nitrogens with one attached hydrogen (secondary N) is 1. The standard InChI is InChI=1S/C11H17N3/c1-2-3-6-11(14-12)9-10-7-4-5-8-13-10/h2,4-5,7-8,11,14H,1,3,6,9,12H2. The quantitative estimate of drug-likeness (QED) is 0.406. The Morgan fingerprint density at radius 2 is 2.43 bits per heavy atom. The second kappa shape index (κ2) is 6.29. The van der Waals surface area contributed by atoms with Crippen LogP contribution in [0.5, 0.6) is 0 Å². The van der Waals surface area contributed by atoms with E-state index in [1.807, 2.05) is 24.3 Å². The lowest BCUT2D eigenvalue weighted by atomic mass is 10.1. The summed E-state index contributed by atoms with van der Waals surface area (Å²) in [6.07, 6.45) is 6.54. The molecular formula is C11H17N3. The molecule has 76 valence electrons. The summed E-state index contributed by atoms with van der Waals surface area (Å²) in [5, 5.41) is 0. The number of allylic oxidation sites excluding steroid dienone is 1. The van der Waals surface area contributed by atoms with Gasteiger partial charge in [0.1, 0.15) is 0 Å². The third-order valence-corrected chi connectivity index (χ3v) is 2.14. The summed E-state index contributed by atoms with van der Waals surface area (Å²) in [6, 6.07) is 6.20. The van der Waals surface area contributed by atoms with Crippen LogP contribution in [0, 0.1) is 0 Å². The molecule has 0 saturated carbocycles. The monoisotopic (exact) mass is 191 g/mol. The van der Waals surface area contributed by atoms with Crippen LogP contribution in [0.1, 0.15) is 18.5 Å². The van der Waals surface area contributed by atoms with Crippen molar-refractivity contribution < 1.29 is 0 Å². The van der Waals surface area contributed by atoms with E-state index in [2.05, 4.69) is 17.0 Å². The lowest BCUT2D eigenvalue weighted by Gasteiger charge is -2.13. The maximum absolute atomic E-state index is 5.45. The van der Waals surface area contributed by atoms with Gasteiger partial charge in [0, 0.05) is 24.4 Å². The van der Waals surface area contributed by atoms with Gasteiger partial charge in [-0.25, -0.2) is 0 Å². The van der Waals surface area contributed by atoms with Gasteiger partial charge in [-0.1, -0.05) is 12.1 Å². The third-order valence-electron chi connectivity index (χ3n) is 2.14. The van der Waals surface area contributed by atoms with Crippen molar-refractivity contribution in [3.63, 3.8) is 0 Å². The smallest absolute Gasteiger partial charge is 0.0419 e. The first-order valence-electron chi connectivity index (χ1n) is 4.83. The van der Waals surface area contributed by atoms with Gasteiger partial charge in [0.25, 0.3) is 0 Å². The van der Waals surface area contributed by atoms with Crippen LogP contribution >= 0.6 is 0 Å². The Bertz CT molecular complexity index is 258. The van der Waals surface area contributed by atoms with Crippen molar-refractivity contribution in [2.24, 2.45) is 5.84 Å². The molecule has 1 aromatic rings. The lowest BCUT2D eigenvalue weighted by Crippen LogP contribution is -2.36. The molecule has 0 spiro atoms. The van der Waals surface area contributed by atoms with Crippen LogP contribution in [-0.4, -0.2) is 11.0 Å². The molecule has 0 saturated heterocycles. The van der Waals surface area contributed by atoms with Crippen LogP contribution in [0.3, 0.4) is 0 Å². The van der Waals surface area contributed by atoms with Crippen molar-refractivity contribution in [3.05, 3.63) is 42.7 Å². The summed E-state index contributed by atoms with van der Waals surface area (Å²) >= 11 is 0. The fraction of sp³-hybridized carbons (Fsp3) is 0.364. The van der Waals surface area contributed by atoms with E-state index in [0.717, 1.165) is 25.0 Å². The highest BCUT2D eigenvalue weighted by molar-refractivity contribution is 5.05. The molecule has 1 aromatic heterocycles. The number of nitrogens with zero attached hydrogens (tertiary/aromatic N) is 1. The number of aromatic nitrogens is 1. The molecule has 0 bridgehead atoms. The molecule has 1 atom stereocenters. The van der Waals surface area contributed by atoms with E-state index in [1.165, 1.54) is 0 Å². The molecule has 3 heteroatoms. The van der Waals surface area contributed by atoms with E-state index in [0.29, 0.717) is 0 Å². The maximum atomic E-state index is 5.45. The minimum atomic E-state index is 0.280. The van der Waals surface area contributed by atoms with Gasteiger partial charge in [0.05, 0.1) is 0 Å². The van der Waals surface area contributed by atoms with Gasteiger partial charge in [0.2, 0.25) is 0 Å². The zero-order valence-corrected chi connectivity index (χ0v) is 8.32. The maximum Gasteiger partial charge on any atom is 0.0419 e. The van der Waals surface area contributed by atoms with Crippen molar-refractivity contribution in [1.82, 2.24) is 10.4 Å². The van der Waals surface area contributed by atoms with Gasteiger partial charge < -0.3 is 0 Å². The Kier molecular flexibility index (Phi) is 4.89. The first-order chi connectivity index (χ1) is 6.86. The highest BCUT2D eigenvalue weighted by Gasteiger charge is 2.06. The Hall–Kier alpha value is -1.19. The minimum Gasteiger partial charge on any atom is -0.271 e. The van der Waals surface area contributed by atoms with Crippen LogP contribution in [-0.2, 0) is 6.42 Å². The molecule has 0 fully saturated rings. The molecule has 3 N–H and O–H groups in total. The van der Waals surface area contributed by atoms with Crippen molar-refractivity contribution in [2.45, 2.75) is 25.3 Å². The summed E-state index contributed by atoms with van der Waals surface area (Å²) in [5.41, 5.74) is 3.87. The van der Waals surface area contributed by atoms with E-state index >= 15 is 0 Å². The Morgan fingerprint density at radius 1 is 1.57 bits per heavy atom. The predicted octanol–water partition coefficient (Wildman–Crippen LogP) is 1.42. The van der Waals surface area contributed by atoms with Crippen molar-refractivity contribution in [1.29, 1.82) is 0 Å². The predicted molar refractivity (Wildman–Crippen MR) is 58.5 cm³/mol. The molecule has 14 heavy (non-hydrogen) atoms. The molecular weight excluding hydrogens is 174 g/mol. The normalized spacial score (nSPS) is 12.4. The molecule has 0 aliphatic rings. The number of hydrogen-bond acceptors (Lipinski definition) is 3. The SMILES string of the molecule is C=CCCC(Cc1ccccn1)NN. The summed E-state index contributed by atoms with van der Waals surface area (Å²) in [5.74, 6) is 5.45. The third kappa shape index (κ3) is 3.68. The summed E-state index contributed by atoms with van der Waals surface area (Å²) in [7, 11) is 0. The Morgan fingerprint density at radius 3 is 3.00 bits per heavy atom. The van der Waals surface area contributed by atoms with Gasteiger partial charge >= 0.3 is 0 Å². The van der Waals surface area contributed by atoms with Crippen molar-refractivity contribution in [2.75, 3.05) is 0 Å². The molecule has 0 aliphatic heterocycles. The Labute approximate surface area is 85.0 Å². The average molecular weight is 191 g/mol. The highest BCUT2D eigenvalue weighted by atomic mass is 15.2. The number of hydrazine groups is 1. The molecule has 3 nitrogen and oxygen atoms in total. The van der Waals surface area contributed by atoms with Gasteiger partial charge in [-0.2, -0.15) is 0 Å². The molecule has 0 amide bonds. The van der Waals surface area contributed by atoms with E-state index in [1.54, 1.807) is 6.20 Å². The second-order valence-electron chi connectivity index (χ2n) is 3.25. The lowest BCUT2D eigenvalue weighted by molar-refractivity contribution is 0.491. The number of pyridine rings is 1. The molecule has 1 rings (SSSR count). The topological polar surface area (TPSA) is 50.9 Å². The average Bonchev–Trinajstić information content (AvgIpc) is 2.25. The van der Waals surface area contributed by atoms with Crippen molar-refractivity contribution in [3.8, 4) is 0 Å². The summed E-state index contributed by atoms with van der Waals surface area (Å²) in [6.45, 7) is 3.69. The van der Waals surface area contributed by atoms with Crippen LogP contribution in [0.15, 0.2) is 37.1 Å². The van der Waals surface area contributed by atoms with Crippen LogP contribution in [0.2, 0.25) is 0 Å². The van der Waals surface area contributed by atoms with Gasteiger partial charge in [-0.15, -0.1) is 6.58 Å². The van der Waals surface area contributed by atoms with E-state index in [4.69, 9.17) is 5.84 Å². The van der Waals surface area contributed by atoms with Crippen molar-refractivity contribution >= 4 is 0 Å². The number of hydrogen-bond donors (Lipinski definition) is 2. The van der Waals surface area contributed by atoms with Gasteiger partial charge in [-0.3, -0.25) is 16.3 Å². The largest absolute Gasteiger partial charge is 0.271 e. The van der Waals surface area contributed by atoms with E-state index < -0.39 is 0 Å². The van der Waals surface area contributed by atoms with Crippen LogP contribution in [0.25, 0.3) is 0 Å². The minimum absolute atomic E-state index is 0.280. The highest BCUT2D eigenvalue weighted by Crippen LogP contribution is 2.04. The molecule has 1 unspecified atom stereocenters. The van der Waals surface area contributed by atoms with Crippen LogP contribution in [0.4, 0.5) is 0 Å². The molecule has 1 heterocycles. The Balaban J connectivity index is 2.44. The second-order valence-corrected chi connectivity index (χ2v) is 3.25. The fourth-order valence-electron chi connectivity index (χ4n) is 1.33. The summed E-state index contributed by atoms with van der Waals surface area (Å²) < 4.78 is 0. The van der Waals surface area contributed by atoms with Gasteiger partial charge in [-0.05, 0) is 25.0 Å². The van der Waals surface area contributed by atoms with E-state index in [9.17, 15) is 0 Å². The van der Waals surface area contributed by atoms with Gasteiger partial charge in [0.15, 0.2) is 0 Å². The molecule has 0 aromatic carbocycles. The first kappa shape index (κ1) is 10.9. The molecule has 0 aliphatic carbocycles. The van der Waals surface area contributed by atoms with E-state index in [-0.39, 0.29) is 6.04 Å². The zero-order chi connectivity index (χ0) is 10.2. The summed E-state index contributed by atoms with van der Waals surface area (Å²) in [4.78, 5) is 4.25.